The molecule has 4 aliphatic rings. The SMILES string of the molecule is C#Cc1ccc([C@H](C)NC(=O)[C@@H]2C[C@@H](O)CN2C(=O)[C@@H](NC(=O)N2CCC(N3CCC(c4cnc(N5CCc6[nH]c7nnc(-c8ccccc8OP(=O)(O)O)cc7c6[C@H]5C)nc4)CC3)CC2)C(C)(C)CCO)cc1. The standard InChI is InChI=1S/C53H66N11O9P/c1-6-34-11-13-35(14-12-34)32(2)56-49(67)44-27-39(66)31-64(44)50(68)47(53(4,5)20-26-65)58-52(69)62-23-17-38(18-24-62)61-21-15-36(16-22-61)37-29-54-51(55-30-37)63-25-19-42-46(33(63)3)41-28-43(59-60-48(41)57-42)40-9-7-8-10-45(40)73-74(70,71)72/h1,7-14,28-30,32-33,36,38-39,44,47,65-66H,15-27,31H2,2-5H3,(H,56,67)(H,57,60)(H,58,69)(H2,70,71,72)/t32-,33+,39+,44-,47+/m0/s1. The molecule has 0 unspecified atom stereocenters. The summed E-state index contributed by atoms with van der Waals surface area (Å²) in [5.74, 6) is 2.63. The van der Waals surface area contributed by atoms with Crippen LogP contribution in [-0.2, 0) is 20.6 Å². The Bertz CT molecular complexity index is 2930. The Morgan fingerprint density at radius 1 is 0.973 bits per heavy atom. The number of β-amino-alcohol motifs (C(OH)–C–C–N with tert-alkyl or cyclic N) is 1. The molecule has 21 heteroatoms. The number of likely N-dealkylation sites (tertiary alicyclic amines) is 3. The molecule has 0 spiro atoms. The fraction of sp³-hybridized carbons (Fsp3) is 0.491. The lowest BCUT2D eigenvalue weighted by atomic mass is 9.80. The van der Waals surface area contributed by atoms with Gasteiger partial charge in [0, 0.05) is 91.8 Å². The van der Waals surface area contributed by atoms with Crippen molar-refractivity contribution in [2.75, 3.05) is 50.8 Å². The maximum absolute atomic E-state index is 14.5. The van der Waals surface area contributed by atoms with Gasteiger partial charge in [-0.05, 0) is 112 Å². The summed E-state index contributed by atoms with van der Waals surface area (Å²) >= 11 is 0. The summed E-state index contributed by atoms with van der Waals surface area (Å²) in [4.78, 5) is 82.2. The quantitative estimate of drug-likeness (QED) is 0.0573. The summed E-state index contributed by atoms with van der Waals surface area (Å²) in [7, 11) is -4.81. The second-order valence-corrected chi connectivity index (χ2v) is 22.0. The molecule has 2 aromatic carbocycles. The summed E-state index contributed by atoms with van der Waals surface area (Å²) < 4.78 is 16.7. The molecule has 9 rings (SSSR count). The molecular weight excluding hydrogens is 966 g/mol. The number of aliphatic hydroxyl groups excluding tert-OH is 2. The highest BCUT2D eigenvalue weighted by Gasteiger charge is 2.46. The van der Waals surface area contributed by atoms with Crippen LogP contribution in [0, 0.1) is 17.8 Å². The van der Waals surface area contributed by atoms with Crippen molar-refractivity contribution in [2.45, 2.75) is 115 Å². The average Bonchev–Trinajstić information content (AvgIpc) is 3.99. The van der Waals surface area contributed by atoms with E-state index in [2.05, 4.69) is 48.5 Å². The number of nitrogens with zero attached hydrogens (tertiary/aromatic N) is 8. The number of anilines is 1. The Labute approximate surface area is 430 Å². The molecule has 20 nitrogen and oxygen atoms in total. The number of urea groups is 1. The molecule has 0 aliphatic carbocycles. The predicted octanol–water partition coefficient (Wildman–Crippen LogP) is 4.96. The first-order chi connectivity index (χ1) is 35.4. The van der Waals surface area contributed by atoms with E-state index in [9.17, 15) is 38.9 Å². The maximum atomic E-state index is 14.5. The number of benzene rings is 2. The highest BCUT2D eigenvalue weighted by atomic mass is 31.2. The van der Waals surface area contributed by atoms with Gasteiger partial charge in [0.1, 0.15) is 17.8 Å². The second-order valence-electron chi connectivity index (χ2n) is 20.8. The zero-order chi connectivity index (χ0) is 52.5. The summed E-state index contributed by atoms with van der Waals surface area (Å²) in [6, 6.07) is 13.1. The number of fused-ring (bicyclic) bond motifs is 3. The number of para-hydroxylation sites is 1. The van der Waals surface area contributed by atoms with Gasteiger partial charge in [0.15, 0.2) is 5.65 Å². The predicted molar refractivity (Wildman–Crippen MR) is 276 cm³/mol. The van der Waals surface area contributed by atoms with E-state index >= 15 is 0 Å². The number of hydrogen-bond acceptors (Lipinski definition) is 13. The van der Waals surface area contributed by atoms with Gasteiger partial charge in [-0.3, -0.25) is 19.4 Å². The topological polar surface area (TPSA) is 263 Å². The first kappa shape index (κ1) is 52.4. The summed E-state index contributed by atoms with van der Waals surface area (Å²) in [6.07, 6.45) is 12.9. The van der Waals surface area contributed by atoms with E-state index < -0.39 is 49.3 Å². The van der Waals surface area contributed by atoms with Crippen molar-refractivity contribution >= 4 is 42.6 Å². The number of aromatic nitrogens is 5. The number of aromatic amines is 1. The third-order valence-corrected chi connectivity index (χ3v) is 16.0. The lowest BCUT2D eigenvalue weighted by Crippen LogP contribution is -2.61. The van der Waals surface area contributed by atoms with Gasteiger partial charge in [-0.15, -0.1) is 16.6 Å². The molecule has 74 heavy (non-hydrogen) atoms. The number of rotatable bonds is 14. The molecule has 7 N–H and O–H groups in total. The number of carbonyl (C=O) groups excluding carboxylic acids is 3. The van der Waals surface area contributed by atoms with E-state index in [4.69, 9.17) is 20.9 Å². The van der Waals surface area contributed by atoms with E-state index in [0.29, 0.717) is 66.4 Å². The van der Waals surface area contributed by atoms with Gasteiger partial charge >= 0.3 is 13.9 Å². The van der Waals surface area contributed by atoms with E-state index in [1.54, 1.807) is 35.2 Å². The lowest BCUT2D eigenvalue weighted by Gasteiger charge is -2.43. The van der Waals surface area contributed by atoms with Crippen molar-refractivity contribution in [2.24, 2.45) is 5.41 Å². The average molecular weight is 1030 g/mol. The second kappa shape index (κ2) is 21.8. The monoisotopic (exact) mass is 1030 g/mol. The number of H-pyrrole nitrogens is 1. The lowest BCUT2D eigenvalue weighted by molar-refractivity contribution is -0.142. The minimum absolute atomic E-state index is 0.00840. The largest absolute Gasteiger partial charge is 0.524 e. The van der Waals surface area contributed by atoms with Crippen LogP contribution in [0.15, 0.2) is 67.0 Å². The first-order valence-electron chi connectivity index (χ1n) is 25.5. The van der Waals surface area contributed by atoms with Crippen LogP contribution in [0.3, 0.4) is 0 Å². The van der Waals surface area contributed by atoms with Crippen LogP contribution in [-0.4, -0.2) is 148 Å². The highest BCUT2D eigenvalue weighted by molar-refractivity contribution is 7.46. The van der Waals surface area contributed by atoms with Gasteiger partial charge < -0.3 is 50.0 Å². The van der Waals surface area contributed by atoms with Crippen molar-refractivity contribution < 1.29 is 43.5 Å². The minimum atomic E-state index is -4.81. The van der Waals surface area contributed by atoms with Crippen LogP contribution in [0.1, 0.15) is 112 Å². The molecule has 0 radical (unpaired) electrons. The number of phosphoric acid groups is 1. The number of amides is 4. The molecule has 5 aromatic rings. The molecule has 392 valence electrons. The molecule has 4 amide bonds. The number of aliphatic hydroxyl groups is 2. The molecule has 5 atom stereocenters. The van der Waals surface area contributed by atoms with Crippen molar-refractivity contribution in [1.82, 2.24) is 50.5 Å². The third kappa shape index (κ3) is 11.3. The summed E-state index contributed by atoms with van der Waals surface area (Å²) in [5, 5.41) is 36.4. The van der Waals surface area contributed by atoms with Gasteiger partial charge in [0.05, 0.1) is 23.9 Å². The Morgan fingerprint density at radius 3 is 2.35 bits per heavy atom. The fourth-order valence-corrected chi connectivity index (χ4v) is 11.7. The van der Waals surface area contributed by atoms with E-state index in [-0.39, 0.29) is 43.8 Å². The Morgan fingerprint density at radius 2 is 1.68 bits per heavy atom. The molecule has 3 saturated heterocycles. The van der Waals surface area contributed by atoms with Gasteiger partial charge in [0.25, 0.3) is 0 Å². The maximum Gasteiger partial charge on any atom is 0.524 e. The number of phosphoric ester groups is 1. The van der Waals surface area contributed by atoms with Crippen molar-refractivity contribution in [1.29, 1.82) is 0 Å². The van der Waals surface area contributed by atoms with Crippen molar-refractivity contribution in [3.8, 4) is 29.4 Å². The van der Waals surface area contributed by atoms with Crippen LogP contribution >= 0.6 is 7.82 Å². The van der Waals surface area contributed by atoms with E-state index in [1.165, 1.54) is 11.0 Å². The van der Waals surface area contributed by atoms with Crippen LogP contribution in [0.2, 0.25) is 0 Å². The Kier molecular flexibility index (Phi) is 15.4. The fourth-order valence-electron chi connectivity index (χ4n) is 11.3. The Balaban J connectivity index is 0.781. The van der Waals surface area contributed by atoms with E-state index in [1.807, 2.05) is 51.4 Å². The van der Waals surface area contributed by atoms with Gasteiger partial charge in [-0.1, -0.05) is 44.0 Å². The molecule has 3 aromatic heterocycles. The molecule has 3 fully saturated rings. The van der Waals surface area contributed by atoms with Gasteiger partial charge in [-0.25, -0.2) is 19.3 Å². The number of carbonyl (C=O) groups is 3. The molecule has 7 heterocycles. The van der Waals surface area contributed by atoms with Crippen LogP contribution in [0.4, 0.5) is 10.7 Å². The minimum Gasteiger partial charge on any atom is -0.404 e. The van der Waals surface area contributed by atoms with Crippen LogP contribution in [0.5, 0.6) is 5.75 Å². The van der Waals surface area contributed by atoms with Crippen molar-refractivity contribution in [3.63, 3.8) is 0 Å². The smallest absolute Gasteiger partial charge is 0.404 e. The van der Waals surface area contributed by atoms with Gasteiger partial charge in [-0.2, -0.15) is 0 Å². The molecule has 0 bridgehead atoms. The van der Waals surface area contributed by atoms with Crippen LogP contribution < -0.4 is 20.1 Å². The normalized spacial score (nSPS) is 21.0. The van der Waals surface area contributed by atoms with E-state index in [0.717, 1.165) is 66.5 Å². The molecule has 0 saturated carbocycles. The Hall–Kier alpha value is -6.46. The summed E-state index contributed by atoms with van der Waals surface area (Å²) in [6.45, 7) is 10.8. The summed E-state index contributed by atoms with van der Waals surface area (Å²) in [5.41, 5.74) is 5.29. The number of nitrogens with one attached hydrogen (secondary N) is 3. The number of hydrogen-bond donors (Lipinski definition) is 7. The highest BCUT2D eigenvalue weighted by Crippen LogP contribution is 2.43. The third-order valence-electron chi connectivity index (χ3n) is 15.6. The zero-order valence-electron chi connectivity index (χ0n) is 42.2. The zero-order valence-corrected chi connectivity index (χ0v) is 43.1. The molecule has 4 aliphatic heterocycles. The number of terminal acetylenes is 1. The number of piperidine rings is 2. The van der Waals surface area contributed by atoms with Gasteiger partial charge in [0.2, 0.25) is 17.8 Å². The first-order valence-corrected chi connectivity index (χ1v) is 27.0. The van der Waals surface area contributed by atoms with Crippen molar-refractivity contribution in [3.05, 3.63) is 94.9 Å². The van der Waals surface area contributed by atoms with Crippen LogP contribution in [0.25, 0.3) is 22.3 Å². The molecular formula is C53H66N11O9P.